The topological polar surface area (TPSA) is 52.6 Å². The number of carbonyl (C=O) groups is 2. The van der Waals surface area contributed by atoms with E-state index in [1.165, 1.54) is 13.8 Å². The zero-order valence-corrected chi connectivity index (χ0v) is 14.0. The predicted molar refractivity (Wildman–Crippen MR) is 84.3 cm³/mol. The van der Waals surface area contributed by atoms with Crippen LogP contribution in [0.4, 0.5) is 0 Å². The fourth-order valence-electron chi connectivity index (χ4n) is 1.82. The molecule has 0 fully saturated rings. The predicted octanol–water partition coefficient (Wildman–Crippen LogP) is 4.08. The Morgan fingerprint density at radius 2 is 1.76 bits per heavy atom. The Kier molecular flexibility index (Phi) is 7.15. The van der Waals surface area contributed by atoms with Gasteiger partial charge in [0, 0.05) is 23.9 Å². The Hall–Kier alpha value is -1.62. The molecule has 114 valence electrons. The molecule has 1 rings (SSSR count). The lowest BCUT2D eigenvalue weighted by molar-refractivity contribution is -0.178. The molecule has 0 heterocycles. The summed E-state index contributed by atoms with van der Waals surface area (Å²) in [5.41, 5.74) is 1.68. The molecule has 0 spiro atoms. The molecule has 0 aliphatic heterocycles. The second-order valence-corrected chi connectivity index (χ2v) is 5.40. The lowest BCUT2D eigenvalue weighted by Crippen LogP contribution is -2.24. The standard InChI is InChI=1S/C16H19BrO4/c1-4-7-14(10-13-8-5-6-9-15(13)17)16(20-11(2)18)21-12(3)19/h5-6,8-10,16H,4,7H2,1-3H3/b14-10+. The van der Waals surface area contributed by atoms with Crippen molar-refractivity contribution in [3.05, 3.63) is 39.9 Å². The van der Waals surface area contributed by atoms with E-state index in [2.05, 4.69) is 15.9 Å². The van der Waals surface area contributed by atoms with E-state index in [9.17, 15) is 9.59 Å². The molecular formula is C16H19BrO4. The van der Waals surface area contributed by atoms with Crippen molar-refractivity contribution >= 4 is 33.9 Å². The first-order valence-electron chi connectivity index (χ1n) is 6.73. The maximum absolute atomic E-state index is 11.2. The van der Waals surface area contributed by atoms with Crippen LogP contribution in [0.5, 0.6) is 0 Å². The van der Waals surface area contributed by atoms with Crippen LogP contribution in [-0.2, 0) is 19.1 Å². The van der Waals surface area contributed by atoms with Crippen molar-refractivity contribution < 1.29 is 19.1 Å². The Balaban J connectivity index is 3.13. The molecule has 0 aliphatic rings. The summed E-state index contributed by atoms with van der Waals surface area (Å²) in [6.07, 6.45) is 2.40. The van der Waals surface area contributed by atoms with E-state index >= 15 is 0 Å². The van der Waals surface area contributed by atoms with Crippen LogP contribution >= 0.6 is 15.9 Å². The first-order chi connectivity index (χ1) is 9.93. The van der Waals surface area contributed by atoms with Gasteiger partial charge in [0.15, 0.2) is 0 Å². The number of ether oxygens (including phenoxy) is 2. The molecule has 0 amide bonds. The maximum atomic E-state index is 11.2. The van der Waals surface area contributed by atoms with Crippen molar-refractivity contribution in [3.63, 3.8) is 0 Å². The number of halogens is 1. The molecule has 1 aromatic carbocycles. The molecule has 0 saturated heterocycles. The van der Waals surface area contributed by atoms with Crippen molar-refractivity contribution in [2.45, 2.75) is 39.9 Å². The van der Waals surface area contributed by atoms with E-state index in [0.717, 1.165) is 22.0 Å². The summed E-state index contributed by atoms with van der Waals surface area (Å²) in [7, 11) is 0. The van der Waals surface area contributed by atoms with Crippen LogP contribution in [0.3, 0.4) is 0 Å². The quantitative estimate of drug-likeness (QED) is 0.570. The summed E-state index contributed by atoms with van der Waals surface area (Å²) in [5, 5.41) is 0. The molecule has 1 aromatic rings. The molecule has 4 nitrogen and oxygen atoms in total. The summed E-state index contributed by atoms with van der Waals surface area (Å²) in [4.78, 5) is 22.4. The minimum Gasteiger partial charge on any atom is -0.421 e. The first kappa shape index (κ1) is 17.4. The Labute approximate surface area is 133 Å². The van der Waals surface area contributed by atoms with Crippen molar-refractivity contribution in [2.24, 2.45) is 0 Å². The molecule has 5 heteroatoms. The van der Waals surface area contributed by atoms with Crippen LogP contribution in [0, 0.1) is 0 Å². The lowest BCUT2D eigenvalue weighted by atomic mass is 10.1. The molecule has 0 saturated carbocycles. The normalized spacial score (nSPS) is 11.4. The third-order valence-electron chi connectivity index (χ3n) is 2.63. The third kappa shape index (κ3) is 6.12. The number of rotatable bonds is 6. The van der Waals surface area contributed by atoms with E-state index in [0.29, 0.717) is 6.42 Å². The average molecular weight is 355 g/mol. The average Bonchev–Trinajstić information content (AvgIpc) is 2.39. The van der Waals surface area contributed by atoms with Crippen LogP contribution in [0.25, 0.3) is 6.08 Å². The highest BCUT2D eigenvalue weighted by molar-refractivity contribution is 9.10. The molecular weight excluding hydrogens is 336 g/mol. The third-order valence-corrected chi connectivity index (χ3v) is 3.36. The SMILES string of the molecule is CCC/C(=C\c1ccccc1Br)C(OC(C)=O)OC(C)=O. The fraction of sp³-hybridized carbons (Fsp3) is 0.375. The summed E-state index contributed by atoms with van der Waals surface area (Å²) in [5.74, 6) is -0.981. The van der Waals surface area contributed by atoms with Gasteiger partial charge in [-0.15, -0.1) is 0 Å². The van der Waals surface area contributed by atoms with Crippen LogP contribution in [0.1, 0.15) is 39.2 Å². The van der Waals surface area contributed by atoms with Gasteiger partial charge in [-0.25, -0.2) is 0 Å². The molecule has 21 heavy (non-hydrogen) atoms. The number of esters is 2. The zero-order chi connectivity index (χ0) is 15.8. The summed E-state index contributed by atoms with van der Waals surface area (Å²) in [6.45, 7) is 4.59. The summed E-state index contributed by atoms with van der Waals surface area (Å²) < 4.78 is 11.2. The van der Waals surface area contributed by atoms with Gasteiger partial charge in [0.1, 0.15) is 0 Å². The number of carbonyl (C=O) groups excluding carboxylic acids is 2. The van der Waals surface area contributed by atoms with E-state index < -0.39 is 18.2 Å². The Morgan fingerprint density at radius 3 is 2.24 bits per heavy atom. The smallest absolute Gasteiger partial charge is 0.305 e. The zero-order valence-electron chi connectivity index (χ0n) is 12.4. The molecule has 0 aliphatic carbocycles. The van der Waals surface area contributed by atoms with Gasteiger partial charge in [-0.1, -0.05) is 47.5 Å². The Bertz CT molecular complexity index is 521. The van der Waals surface area contributed by atoms with E-state index in [1.54, 1.807) is 0 Å². The van der Waals surface area contributed by atoms with Crippen molar-refractivity contribution in [1.29, 1.82) is 0 Å². The monoisotopic (exact) mass is 354 g/mol. The van der Waals surface area contributed by atoms with Crippen LogP contribution < -0.4 is 0 Å². The first-order valence-corrected chi connectivity index (χ1v) is 7.52. The molecule has 0 radical (unpaired) electrons. The van der Waals surface area contributed by atoms with Crippen molar-refractivity contribution in [1.82, 2.24) is 0 Å². The van der Waals surface area contributed by atoms with Crippen LogP contribution in [0.15, 0.2) is 34.3 Å². The van der Waals surface area contributed by atoms with Gasteiger partial charge >= 0.3 is 11.9 Å². The summed E-state index contributed by atoms with van der Waals surface area (Å²) in [6, 6.07) is 7.67. The molecule has 0 unspecified atom stereocenters. The molecule has 0 aromatic heterocycles. The molecule has 0 N–H and O–H groups in total. The number of hydrogen-bond donors (Lipinski definition) is 0. The lowest BCUT2D eigenvalue weighted by Gasteiger charge is -2.20. The van der Waals surface area contributed by atoms with Gasteiger partial charge in [0.05, 0.1) is 0 Å². The molecule has 0 atom stereocenters. The highest BCUT2D eigenvalue weighted by Gasteiger charge is 2.20. The van der Waals surface area contributed by atoms with Gasteiger partial charge in [0.2, 0.25) is 0 Å². The summed E-state index contributed by atoms with van der Waals surface area (Å²) >= 11 is 3.47. The van der Waals surface area contributed by atoms with E-state index in [-0.39, 0.29) is 0 Å². The highest BCUT2D eigenvalue weighted by Crippen LogP contribution is 2.24. The van der Waals surface area contributed by atoms with Gasteiger partial charge in [-0.2, -0.15) is 0 Å². The minimum atomic E-state index is -0.980. The van der Waals surface area contributed by atoms with Gasteiger partial charge in [0.25, 0.3) is 6.29 Å². The van der Waals surface area contributed by atoms with E-state index in [4.69, 9.17) is 9.47 Å². The van der Waals surface area contributed by atoms with E-state index in [1.807, 2.05) is 37.3 Å². The second kappa shape index (κ2) is 8.62. The fourth-order valence-corrected chi connectivity index (χ4v) is 2.21. The van der Waals surface area contributed by atoms with Crippen LogP contribution in [0.2, 0.25) is 0 Å². The van der Waals surface area contributed by atoms with Gasteiger partial charge in [-0.05, 0) is 24.1 Å². The molecule has 0 bridgehead atoms. The number of hydrogen-bond acceptors (Lipinski definition) is 4. The van der Waals surface area contributed by atoms with Crippen LogP contribution in [-0.4, -0.2) is 18.2 Å². The van der Waals surface area contributed by atoms with Gasteiger partial charge < -0.3 is 9.47 Å². The minimum absolute atomic E-state index is 0.490. The van der Waals surface area contributed by atoms with Crippen molar-refractivity contribution in [2.75, 3.05) is 0 Å². The maximum Gasteiger partial charge on any atom is 0.305 e. The highest BCUT2D eigenvalue weighted by atomic mass is 79.9. The largest absolute Gasteiger partial charge is 0.421 e. The second-order valence-electron chi connectivity index (χ2n) is 4.54. The Morgan fingerprint density at radius 1 is 1.19 bits per heavy atom. The van der Waals surface area contributed by atoms with Gasteiger partial charge in [-0.3, -0.25) is 9.59 Å². The number of benzene rings is 1. The van der Waals surface area contributed by atoms with Crippen molar-refractivity contribution in [3.8, 4) is 0 Å².